The largest absolute Gasteiger partial charge is 0.469 e. The molecule has 0 aromatic heterocycles. The van der Waals surface area contributed by atoms with Crippen molar-refractivity contribution in [1.82, 2.24) is 0 Å². The third-order valence-electron chi connectivity index (χ3n) is 6.26. The zero-order chi connectivity index (χ0) is 25.0. The molecule has 202 valence electrons. The van der Waals surface area contributed by atoms with Gasteiger partial charge in [0.05, 0.1) is 14.2 Å². The molecule has 0 saturated heterocycles. The van der Waals surface area contributed by atoms with Crippen LogP contribution in [0.15, 0.2) is 0 Å². The minimum absolute atomic E-state index is 0.0727. The monoisotopic (exact) mass is 518 g/mol. The van der Waals surface area contributed by atoms with Crippen molar-refractivity contribution in [3.8, 4) is 0 Å². The SMILES string of the molecule is COC(=O)CCCCCCCCCCCCSSCCCCCCCCCCCCC(=O)OC. The Balaban J connectivity index is 3.05. The molecular formula is C28H54O4S2. The van der Waals surface area contributed by atoms with E-state index in [9.17, 15) is 9.59 Å². The molecule has 0 saturated carbocycles. The molecule has 0 N–H and O–H groups in total. The van der Waals surface area contributed by atoms with Gasteiger partial charge in [0.1, 0.15) is 0 Å². The Morgan fingerprint density at radius 2 is 0.647 bits per heavy atom. The first-order chi connectivity index (χ1) is 16.7. The van der Waals surface area contributed by atoms with E-state index in [4.69, 9.17) is 0 Å². The van der Waals surface area contributed by atoms with E-state index in [0.717, 1.165) is 25.7 Å². The van der Waals surface area contributed by atoms with Gasteiger partial charge in [-0.25, -0.2) is 0 Å². The summed E-state index contributed by atoms with van der Waals surface area (Å²) >= 11 is 0. The maximum Gasteiger partial charge on any atom is 0.305 e. The van der Waals surface area contributed by atoms with E-state index in [0.29, 0.717) is 12.8 Å². The fraction of sp³-hybridized carbons (Fsp3) is 0.929. The molecule has 0 atom stereocenters. The van der Waals surface area contributed by atoms with Gasteiger partial charge in [-0.3, -0.25) is 9.59 Å². The van der Waals surface area contributed by atoms with Gasteiger partial charge in [-0.2, -0.15) is 0 Å². The highest BCUT2D eigenvalue weighted by atomic mass is 33.1. The molecule has 0 aromatic rings. The van der Waals surface area contributed by atoms with Crippen LogP contribution in [0.5, 0.6) is 0 Å². The highest BCUT2D eigenvalue weighted by Crippen LogP contribution is 2.25. The van der Waals surface area contributed by atoms with E-state index in [1.165, 1.54) is 128 Å². The van der Waals surface area contributed by atoms with Crippen molar-refractivity contribution < 1.29 is 19.1 Å². The number of carbonyl (C=O) groups is 2. The maximum absolute atomic E-state index is 11.0. The molecule has 0 aliphatic rings. The standard InChI is InChI=1S/C28H54O4S2/c1-31-27(29)23-19-15-11-7-3-5-9-13-17-21-25-33-34-26-22-18-14-10-6-4-8-12-16-20-24-28(30)32-2/h3-26H2,1-2H3. The average molecular weight is 519 g/mol. The second-order valence-electron chi connectivity index (χ2n) is 9.37. The van der Waals surface area contributed by atoms with Gasteiger partial charge < -0.3 is 9.47 Å². The summed E-state index contributed by atoms with van der Waals surface area (Å²) in [5, 5.41) is 0. The quantitative estimate of drug-likeness (QED) is 0.0613. The zero-order valence-electron chi connectivity index (χ0n) is 22.4. The Hall–Kier alpha value is -0.360. The van der Waals surface area contributed by atoms with Crippen molar-refractivity contribution in [2.75, 3.05) is 25.7 Å². The lowest BCUT2D eigenvalue weighted by atomic mass is 10.1. The van der Waals surface area contributed by atoms with Crippen LogP contribution in [-0.2, 0) is 19.1 Å². The Morgan fingerprint density at radius 3 is 0.912 bits per heavy atom. The lowest BCUT2D eigenvalue weighted by molar-refractivity contribution is -0.141. The topological polar surface area (TPSA) is 52.6 Å². The summed E-state index contributed by atoms with van der Waals surface area (Å²) < 4.78 is 9.32. The van der Waals surface area contributed by atoms with Gasteiger partial charge in [0.25, 0.3) is 0 Å². The van der Waals surface area contributed by atoms with Crippen molar-refractivity contribution in [1.29, 1.82) is 0 Å². The van der Waals surface area contributed by atoms with Crippen LogP contribution >= 0.6 is 21.6 Å². The van der Waals surface area contributed by atoms with E-state index >= 15 is 0 Å². The molecule has 0 unspecified atom stereocenters. The van der Waals surface area contributed by atoms with Gasteiger partial charge in [-0.1, -0.05) is 124 Å². The first kappa shape index (κ1) is 33.6. The summed E-state index contributed by atoms with van der Waals surface area (Å²) in [6.07, 6.45) is 27.1. The molecule has 0 bridgehead atoms. The van der Waals surface area contributed by atoms with E-state index in [2.05, 4.69) is 31.1 Å². The first-order valence-electron chi connectivity index (χ1n) is 14.1. The van der Waals surface area contributed by atoms with Crippen LogP contribution < -0.4 is 0 Å². The highest BCUT2D eigenvalue weighted by molar-refractivity contribution is 8.76. The lowest BCUT2D eigenvalue weighted by Gasteiger charge is -2.04. The maximum atomic E-state index is 11.0. The van der Waals surface area contributed by atoms with Gasteiger partial charge in [-0.05, 0) is 25.7 Å². The fourth-order valence-electron chi connectivity index (χ4n) is 4.01. The van der Waals surface area contributed by atoms with Crippen LogP contribution in [0.25, 0.3) is 0 Å². The molecule has 0 radical (unpaired) electrons. The van der Waals surface area contributed by atoms with Crippen molar-refractivity contribution in [2.45, 2.75) is 141 Å². The molecule has 0 aliphatic heterocycles. The zero-order valence-corrected chi connectivity index (χ0v) is 24.1. The van der Waals surface area contributed by atoms with Crippen LogP contribution in [0.4, 0.5) is 0 Å². The summed E-state index contributed by atoms with van der Waals surface area (Å²) in [4.78, 5) is 22.1. The predicted octanol–water partition coefficient (Wildman–Crippen LogP) is 9.30. The molecule has 0 heterocycles. The van der Waals surface area contributed by atoms with Gasteiger partial charge in [0.2, 0.25) is 0 Å². The van der Waals surface area contributed by atoms with Gasteiger partial charge in [0.15, 0.2) is 0 Å². The van der Waals surface area contributed by atoms with Crippen LogP contribution in [0.1, 0.15) is 141 Å². The van der Waals surface area contributed by atoms with Gasteiger partial charge in [0, 0.05) is 24.3 Å². The molecular weight excluding hydrogens is 464 g/mol. The first-order valence-corrected chi connectivity index (χ1v) is 16.6. The summed E-state index contributed by atoms with van der Waals surface area (Å²) in [6, 6.07) is 0. The number of hydrogen-bond donors (Lipinski definition) is 0. The molecule has 0 amide bonds. The number of ether oxygens (including phenoxy) is 2. The van der Waals surface area contributed by atoms with Crippen molar-refractivity contribution in [3.63, 3.8) is 0 Å². The van der Waals surface area contributed by atoms with E-state index in [-0.39, 0.29) is 11.9 Å². The minimum Gasteiger partial charge on any atom is -0.469 e. The number of methoxy groups -OCH3 is 2. The van der Waals surface area contributed by atoms with Crippen LogP contribution in [0, 0.1) is 0 Å². The summed E-state index contributed by atoms with van der Waals surface area (Å²) in [5.74, 6) is 2.47. The number of rotatable bonds is 27. The summed E-state index contributed by atoms with van der Waals surface area (Å²) in [7, 11) is 7.08. The minimum atomic E-state index is -0.0727. The third kappa shape index (κ3) is 27.9. The lowest BCUT2D eigenvalue weighted by Crippen LogP contribution is -1.99. The summed E-state index contributed by atoms with van der Waals surface area (Å²) in [5.41, 5.74) is 0. The number of esters is 2. The summed E-state index contributed by atoms with van der Waals surface area (Å²) in [6.45, 7) is 0. The molecule has 0 fully saturated rings. The number of hydrogen-bond acceptors (Lipinski definition) is 6. The van der Waals surface area contributed by atoms with Crippen molar-refractivity contribution in [2.24, 2.45) is 0 Å². The molecule has 0 aliphatic carbocycles. The molecule has 0 aromatic carbocycles. The fourth-order valence-corrected chi connectivity index (χ4v) is 6.30. The Kier molecular flexibility index (Phi) is 28.6. The molecule has 6 heteroatoms. The average Bonchev–Trinajstić information content (AvgIpc) is 2.85. The third-order valence-corrected chi connectivity index (χ3v) is 8.83. The van der Waals surface area contributed by atoms with Crippen LogP contribution in [0.2, 0.25) is 0 Å². The number of carbonyl (C=O) groups excluding carboxylic acids is 2. The second kappa shape index (κ2) is 28.9. The highest BCUT2D eigenvalue weighted by Gasteiger charge is 2.00. The smallest absolute Gasteiger partial charge is 0.305 e. The van der Waals surface area contributed by atoms with E-state index in [1.54, 1.807) is 0 Å². The molecule has 34 heavy (non-hydrogen) atoms. The van der Waals surface area contributed by atoms with Crippen LogP contribution in [0.3, 0.4) is 0 Å². The van der Waals surface area contributed by atoms with Crippen LogP contribution in [-0.4, -0.2) is 37.7 Å². The second-order valence-corrected chi connectivity index (χ2v) is 12.1. The predicted molar refractivity (Wildman–Crippen MR) is 151 cm³/mol. The molecule has 0 spiro atoms. The van der Waals surface area contributed by atoms with Crippen molar-refractivity contribution >= 4 is 33.5 Å². The van der Waals surface area contributed by atoms with E-state index in [1.807, 2.05) is 0 Å². The van der Waals surface area contributed by atoms with Crippen molar-refractivity contribution in [3.05, 3.63) is 0 Å². The Labute approximate surface area is 219 Å². The number of unbranched alkanes of at least 4 members (excludes halogenated alkanes) is 18. The molecule has 4 nitrogen and oxygen atoms in total. The van der Waals surface area contributed by atoms with E-state index < -0.39 is 0 Å². The van der Waals surface area contributed by atoms with Gasteiger partial charge >= 0.3 is 11.9 Å². The van der Waals surface area contributed by atoms with Gasteiger partial charge in [-0.15, -0.1) is 0 Å². The Bertz CT molecular complexity index is 406. The Morgan fingerprint density at radius 1 is 0.412 bits per heavy atom. The normalized spacial score (nSPS) is 11.0. The molecule has 0 rings (SSSR count).